The molecule has 0 radical (unpaired) electrons. The van der Waals surface area contributed by atoms with Gasteiger partial charge in [-0.3, -0.25) is 4.70 Å². The highest BCUT2D eigenvalue weighted by Gasteiger charge is 2.15. The van der Waals surface area contributed by atoms with Crippen molar-refractivity contribution in [3.8, 4) is 0 Å². The molecule has 2 heteroatoms. The molecular weight excluding hydrogens is 153 g/mol. The first kappa shape index (κ1) is 11.0. The van der Waals surface area contributed by atoms with Crippen molar-refractivity contribution in [2.75, 3.05) is 5.73 Å². The van der Waals surface area contributed by atoms with Gasteiger partial charge in [0, 0.05) is 5.69 Å². The van der Waals surface area contributed by atoms with E-state index in [0.29, 0.717) is 0 Å². The maximum absolute atomic E-state index is 5.81. The molecule has 0 aromatic heterocycles. The number of hydrogen-bond donors (Lipinski definition) is 1. The van der Waals surface area contributed by atoms with Crippen LogP contribution in [0, 0.1) is 0 Å². The van der Waals surface area contributed by atoms with Gasteiger partial charge in [-0.1, -0.05) is 39.0 Å². The number of nitrogen functional groups attached to an aromatic ring is 1. The van der Waals surface area contributed by atoms with E-state index in [9.17, 15) is 0 Å². The molecule has 12 heavy (non-hydrogen) atoms. The number of nitrogens with two attached hydrogens (primary N) is 1. The summed E-state index contributed by atoms with van der Waals surface area (Å²) in [6.07, 6.45) is 0. The van der Waals surface area contributed by atoms with Gasteiger partial charge in [-0.15, -0.1) is 0 Å². The average Bonchev–Trinajstić information content (AvgIpc) is 1.86. The van der Waals surface area contributed by atoms with Crippen molar-refractivity contribution < 1.29 is 4.70 Å². The molecule has 2 N–H and O–H groups in total. The topological polar surface area (TPSA) is 26.0 Å². The number of benzene rings is 1. The summed E-state index contributed by atoms with van der Waals surface area (Å²) < 4.78 is 0. The SMILES string of the molecule is CC(C)(C)c1ccccc1N.F. The third kappa shape index (κ3) is 2.22. The Balaban J connectivity index is 0.00000121. The molecule has 0 saturated carbocycles. The number of rotatable bonds is 0. The normalized spacial score (nSPS) is 10.6. The summed E-state index contributed by atoms with van der Waals surface area (Å²) in [6, 6.07) is 8.01. The molecule has 0 spiro atoms. The lowest BCUT2D eigenvalue weighted by atomic mass is 9.86. The largest absolute Gasteiger partial charge is 0.398 e. The van der Waals surface area contributed by atoms with Crippen LogP contribution in [0.4, 0.5) is 10.4 Å². The van der Waals surface area contributed by atoms with Crippen molar-refractivity contribution in [1.29, 1.82) is 0 Å². The van der Waals surface area contributed by atoms with E-state index < -0.39 is 0 Å². The predicted molar refractivity (Wildman–Crippen MR) is 52.1 cm³/mol. The van der Waals surface area contributed by atoms with Gasteiger partial charge in [-0.05, 0) is 17.0 Å². The zero-order chi connectivity index (χ0) is 8.48. The third-order valence-electron chi connectivity index (χ3n) is 1.77. The van der Waals surface area contributed by atoms with Gasteiger partial charge in [-0.25, -0.2) is 0 Å². The van der Waals surface area contributed by atoms with Crippen molar-refractivity contribution in [1.82, 2.24) is 0 Å². The summed E-state index contributed by atoms with van der Waals surface area (Å²) in [4.78, 5) is 0. The van der Waals surface area contributed by atoms with Gasteiger partial charge < -0.3 is 5.73 Å². The smallest absolute Gasteiger partial charge is 0.0351 e. The summed E-state index contributed by atoms with van der Waals surface area (Å²) >= 11 is 0. The number of anilines is 1. The van der Waals surface area contributed by atoms with E-state index in [1.54, 1.807) is 0 Å². The highest BCUT2D eigenvalue weighted by atomic mass is 19.0. The second kappa shape index (κ2) is 3.57. The lowest BCUT2D eigenvalue weighted by Gasteiger charge is -2.20. The first-order chi connectivity index (χ1) is 5.02. The summed E-state index contributed by atoms with van der Waals surface area (Å²) in [5, 5.41) is 0. The van der Waals surface area contributed by atoms with E-state index in [1.807, 2.05) is 18.2 Å². The van der Waals surface area contributed by atoms with E-state index in [4.69, 9.17) is 5.73 Å². The second-order valence-electron chi connectivity index (χ2n) is 3.84. The van der Waals surface area contributed by atoms with Crippen molar-refractivity contribution in [3.63, 3.8) is 0 Å². The second-order valence-corrected chi connectivity index (χ2v) is 3.84. The van der Waals surface area contributed by atoms with Crippen LogP contribution >= 0.6 is 0 Å². The molecule has 0 bridgehead atoms. The predicted octanol–water partition coefficient (Wildman–Crippen LogP) is 2.72. The van der Waals surface area contributed by atoms with E-state index in [1.165, 1.54) is 5.56 Å². The Morgan fingerprint density at radius 3 is 1.92 bits per heavy atom. The maximum Gasteiger partial charge on any atom is 0.0351 e. The van der Waals surface area contributed by atoms with Crippen LogP contribution in [0.5, 0.6) is 0 Å². The van der Waals surface area contributed by atoms with Crippen LogP contribution in [0.2, 0.25) is 0 Å². The first-order valence-corrected chi connectivity index (χ1v) is 3.87. The lowest BCUT2D eigenvalue weighted by molar-refractivity contribution is 0.592. The van der Waals surface area contributed by atoms with Gasteiger partial charge in [0.15, 0.2) is 0 Å². The molecule has 1 aromatic rings. The number of para-hydroxylation sites is 1. The average molecular weight is 169 g/mol. The van der Waals surface area contributed by atoms with Gasteiger partial charge in [-0.2, -0.15) is 0 Å². The zero-order valence-electron chi connectivity index (χ0n) is 7.79. The van der Waals surface area contributed by atoms with Crippen LogP contribution in [0.25, 0.3) is 0 Å². The zero-order valence-corrected chi connectivity index (χ0v) is 7.79. The van der Waals surface area contributed by atoms with E-state index in [0.717, 1.165) is 5.69 Å². The molecule has 0 saturated heterocycles. The van der Waals surface area contributed by atoms with Gasteiger partial charge in [0.2, 0.25) is 0 Å². The van der Waals surface area contributed by atoms with Crippen molar-refractivity contribution in [2.24, 2.45) is 0 Å². The molecule has 0 aliphatic rings. The van der Waals surface area contributed by atoms with E-state index >= 15 is 0 Å². The Labute approximate surface area is 73.0 Å². The van der Waals surface area contributed by atoms with Crippen LogP contribution < -0.4 is 5.73 Å². The molecule has 0 unspecified atom stereocenters. The Hall–Kier alpha value is -1.05. The first-order valence-electron chi connectivity index (χ1n) is 3.87. The Bertz CT molecular complexity index is 250. The van der Waals surface area contributed by atoms with Crippen LogP contribution in [-0.4, -0.2) is 0 Å². The van der Waals surface area contributed by atoms with Gasteiger partial charge in [0.1, 0.15) is 0 Å². The molecule has 1 rings (SSSR count). The van der Waals surface area contributed by atoms with Crippen LogP contribution in [0.15, 0.2) is 24.3 Å². The number of halogens is 1. The van der Waals surface area contributed by atoms with Crippen LogP contribution in [-0.2, 0) is 5.41 Å². The fourth-order valence-corrected chi connectivity index (χ4v) is 1.18. The van der Waals surface area contributed by atoms with Crippen molar-refractivity contribution >= 4 is 5.69 Å². The van der Waals surface area contributed by atoms with Crippen molar-refractivity contribution in [2.45, 2.75) is 26.2 Å². The fourth-order valence-electron chi connectivity index (χ4n) is 1.18. The van der Waals surface area contributed by atoms with E-state index in [-0.39, 0.29) is 10.1 Å². The minimum atomic E-state index is 0. The van der Waals surface area contributed by atoms with Crippen LogP contribution in [0.1, 0.15) is 26.3 Å². The molecule has 0 aliphatic carbocycles. The standard InChI is InChI=1S/C10H15N.FH/c1-10(2,3)8-6-4-5-7-9(8)11;/h4-7H,11H2,1-3H3;1H. The summed E-state index contributed by atoms with van der Waals surface area (Å²) in [5.74, 6) is 0. The summed E-state index contributed by atoms with van der Waals surface area (Å²) in [5.41, 5.74) is 8.08. The molecule has 0 amide bonds. The quantitative estimate of drug-likeness (QED) is 0.594. The third-order valence-corrected chi connectivity index (χ3v) is 1.77. The highest BCUT2D eigenvalue weighted by Crippen LogP contribution is 2.26. The van der Waals surface area contributed by atoms with Crippen molar-refractivity contribution in [3.05, 3.63) is 29.8 Å². The Morgan fingerprint density at radius 1 is 1.08 bits per heavy atom. The van der Waals surface area contributed by atoms with E-state index in [2.05, 4.69) is 26.8 Å². The highest BCUT2D eigenvalue weighted by molar-refractivity contribution is 5.49. The Kier molecular flexibility index (Phi) is 3.25. The fraction of sp³-hybridized carbons (Fsp3) is 0.400. The monoisotopic (exact) mass is 169 g/mol. The minimum Gasteiger partial charge on any atom is -0.398 e. The van der Waals surface area contributed by atoms with Gasteiger partial charge >= 0.3 is 0 Å². The molecule has 0 aliphatic heterocycles. The maximum atomic E-state index is 5.81. The molecule has 0 heterocycles. The molecule has 0 fully saturated rings. The molecule has 1 aromatic carbocycles. The van der Waals surface area contributed by atoms with Crippen LogP contribution in [0.3, 0.4) is 0 Å². The van der Waals surface area contributed by atoms with Gasteiger partial charge in [0.05, 0.1) is 0 Å². The lowest BCUT2D eigenvalue weighted by Crippen LogP contribution is -2.13. The molecule has 68 valence electrons. The Morgan fingerprint density at radius 2 is 1.58 bits per heavy atom. The molecule has 0 atom stereocenters. The number of hydrogen-bond acceptors (Lipinski definition) is 1. The molecular formula is C10H16FN. The molecule has 1 nitrogen and oxygen atoms in total. The summed E-state index contributed by atoms with van der Waals surface area (Å²) in [6.45, 7) is 6.50. The van der Waals surface area contributed by atoms with Gasteiger partial charge in [0.25, 0.3) is 0 Å². The summed E-state index contributed by atoms with van der Waals surface area (Å²) in [7, 11) is 0. The minimum absolute atomic E-state index is 0.